The summed E-state index contributed by atoms with van der Waals surface area (Å²) < 4.78 is 20.4. The molecule has 2 amide bonds. The smallest absolute Gasteiger partial charge is 0.410 e. The van der Waals surface area contributed by atoms with E-state index < -0.39 is 5.60 Å². The monoisotopic (exact) mass is 444 g/mol. The number of carbonyl (C=O) groups is 2. The fourth-order valence-electron chi connectivity index (χ4n) is 4.07. The average molecular weight is 445 g/mol. The van der Waals surface area contributed by atoms with Crippen LogP contribution in [0.5, 0.6) is 0 Å². The molecule has 1 aromatic heterocycles. The van der Waals surface area contributed by atoms with Crippen LogP contribution in [0.2, 0.25) is 0 Å². The molecule has 1 aliphatic rings. The van der Waals surface area contributed by atoms with Crippen molar-refractivity contribution in [1.29, 1.82) is 0 Å². The standard InChI is InChI=1S/C24H33FN4O3/c1-6-21-20(14-26-29(21)19-11-9-18(25)10-12-19)22(30)28-13-7-8-17(16-28)15-27(5)23(31)32-24(2,3)4/h9-12,14,17H,6-8,13,15-16H2,1-5H3. The van der Waals surface area contributed by atoms with E-state index in [1.807, 2.05) is 32.6 Å². The summed E-state index contributed by atoms with van der Waals surface area (Å²) in [6.45, 7) is 9.30. The Kier molecular flexibility index (Phi) is 7.21. The van der Waals surface area contributed by atoms with Crippen molar-refractivity contribution in [3.05, 3.63) is 47.5 Å². The number of hydrogen-bond donors (Lipinski definition) is 0. The first-order valence-corrected chi connectivity index (χ1v) is 11.1. The number of rotatable bonds is 5. The van der Waals surface area contributed by atoms with E-state index in [0.717, 1.165) is 24.2 Å². The van der Waals surface area contributed by atoms with Crippen molar-refractivity contribution < 1.29 is 18.7 Å². The largest absolute Gasteiger partial charge is 0.444 e. The Morgan fingerprint density at radius 1 is 1.25 bits per heavy atom. The summed E-state index contributed by atoms with van der Waals surface area (Å²) in [4.78, 5) is 29.1. The van der Waals surface area contributed by atoms with E-state index in [2.05, 4.69) is 5.10 Å². The van der Waals surface area contributed by atoms with E-state index in [0.29, 0.717) is 31.6 Å². The lowest BCUT2D eigenvalue weighted by Gasteiger charge is -2.35. The molecular formula is C24H33FN4O3. The summed E-state index contributed by atoms with van der Waals surface area (Å²) in [7, 11) is 1.73. The highest BCUT2D eigenvalue weighted by Gasteiger charge is 2.29. The van der Waals surface area contributed by atoms with Crippen LogP contribution in [0.1, 0.15) is 56.6 Å². The quantitative estimate of drug-likeness (QED) is 0.690. The SMILES string of the molecule is CCc1c(C(=O)N2CCCC(CN(C)C(=O)OC(C)(C)C)C2)cnn1-c1ccc(F)cc1. The highest BCUT2D eigenvalue weighted by atomic mass is 19.1. The van der Waals surface area contributed by atoms with Gasteiger partial charge in [0, 0.05) is 26.7 Å². The molecule has 0 saturated carbocycles. The second kappa shape index (κ2) is 9.71. The second-order valence-corrected chi connectivity index (χ2v) is 9.37. The molecule has 0 bridgehead atoms. The third-order valence-corrected chi connectivity index (χ3v) is 5.55. The number of carbonyl (C=O) groups excluding carboxylic acids is 2. The predicted octanol–water partition coefficient (Wildman–Crippen LogP) is 4.29. The Morgan fingerprint density at radius 2 is 1.94 bits per heavy atom. The molecule has 0 spiro atoms. The van der Waals surface area contributed by atoms with E-state index in [4.69, 9.17) is 4.74 Å². The van der Waals surface area contributed by atoms with E-state index in [1.54, 1.807) is 35.0 Å². The minimum absolute atomic E-state index is 0.0557. The summed E-state index contributed by atoms with van der Waals surface area (Å²) in [6.07, 6.45) is 3.70. The zero-order valence-electron chi connectivity index (χ0n) is 19.6. The summed E-state index contributed by atoms with van der Waals surface area (Å²) in [5, 5.41) is 4.40. The van der Waals surface area contributed by atoms with Crippen molar-refractivity contribution in [1.82, 2.24) is 19.6 Å². The minimum Gasteiger partial charge on any atom is -0.444 e. The van der Waals surface area contributed by atoms with Crippen molar-refractivity contribution >= 4 is 12.0 Å². The summed E-state index contributed by atoms with van der Waals surface area (Å²) >= 11 is 0. The van der Waals surface area contributed by atoms with Crippen molar-refractivity contribution in [3.8, 4) is 5.69 Å². The van der Waals surface area contributed by atoms with Gasteiger partial charge in [-0.2, -0.15) is 5.10 Å². The van der Waals surface area contributed by atoms with Gasteiger partial charge in [-0.05, 0) is 70.2 Å². The third-order valence-electron chi connectivity index (χ3n) is 5.55. The van der Waals surface area contributed by atoms with Crippen LogP contribution in [-0.4, -0.2) is 63.9 Å². The maximum atomic E-state index is 13.3. The van der Waals surface area contributed by atoms with Gasteiger partial charge in [0.15, 0.2) is 0 Å². The van der Waals surface area contributed by atoms with Crippen LogP contribution in [0, 0.1) is 11.7 Å². The topological polar surface area (TPSA) is 67.7 Å². The van der Waals surface area contributed by atoms with Gasteiger partial charge in [-0.3, -0.25) is 4.79 Å². The lowest BCUT2D eigenvalue weighted by molar-refractivity contribution is 0.0244. The molecule has 7 nitrogen and oxygen atoms in total. The van der Waals surface area contributed by atoms with Crippen LogP contribution in [0.3, 0.4) is 0 Å². The molecule has 3 rings (SSSR count). The van der Waals surface area contributed by atoms with E-state index in [9.17, 15) is 14.0 Å². The molecule has 1 fully saturated rings. The maximum absolute atomic E-state index is 13.3. The Hall–Kier alpha value is -2.90. The first-order chi connectivity index (χ1) is 15.1. The van der Waals surface area contributed by atoms with Crippen LogP contribution >= 0.6 is 0 Å². The normalized spacial score (nSPS) is 16.7. The second-order valence-electron chi connectivity index (χ2n) is 9.37. The molecule has 1 unspecified atom stereocenters. The van der Waals surface area contributed by atoms with Gasteiger partial charge in [-0.25, -0.2) is 13.9 Å². The highest BCUT2D eigenvalue weighted by molar-refractivity contribution is 5.95. The summed E-state index contributed by atoms with van der Waals surface area (Å²) in [5.41, 5.74) is 1.55. The fourth-order valence-corrected chi connectivity index (χ4v) is 4.07. The van der Waals surface area contributed by atoms with E-state index >= 15 is 0 Å². The van der Waals surface area contributed by atoms with Crippen LogP contribution in [0.25, 0.3) is 5.69 Å². The van der Waals surface area contributed by atoms with Crippen LogP contribution < -0.4 is 0 Å². The molecule has 1 atom stereocenters. The van der Waals surface area contributed by atoms with E-state index in [1.165, 1.54) is 12.1 Å². The van der Waals surface area contributed by atoms with Crippen molar-refractivity contribution in [3.63, 3.8) is 0 Å². The number of aromatic nitrogens is 2. The molecule has 2 aromatic rings. The molecule has 174 valence electrons. The first kappa shape index (κ1) is 23.8. The maximum Gasteiger partial charge on any atom is 0.410 e. The molecule has 1 aliphatic heterocycles. The van der Waals surface area contributed by atoms with Crippen LogP contribution in [0.15, 0.2) is 30.5 Å². The number of hydrogen-bond acceptors (Lipinski definition) is 4. The van der Waals surface area contributed by atoms with Crippen LogP contribution in [-0.2, 0) is 11.2 Å². The number of ether oxygens (including phenoxy) is 1. The Balaban J connectivity index is 1.70. The number of benzene rings is 1. The number of nitrogens with zero attached hydrogens (tertiary/aromatic N) is 4. The molecule has 2 heterocycles. The molecule has 1 aromatic carbocycles. The highest BCUT2D eigenvalue weighted by Crippen LogP contribution is 2.23. The Bertz CT molecular complexity index is 949. The van der Waals surface area contributed by atoms with Crippen molar-refractivity contribution in [2.24, 2.45) is 5.92 Å². The number of likely N-dealkylation sites (tertiary alicyclic amines) is 1. The lowest BCUT2D eigenvalue weighted by atomic mass is 9.97. The first-order valence-electron chi connectivity index (χ1n) is 11.1. The van der Waals surface area contributed by atoms with Gasteiger partial charge in [0.1, 0.15) is 11.4 Å². The van der Waals surface area contributed by atoms with E-state index in [-0.39, 0.29) is 23.7 Å². The Labute approximate surface area is 189 Å². The Morgan fingerprint density at radius 3 is 2.56 bits per heavy atom. The zero-order valence-corrected chi connectivity index (χ0v) is 19.6. The van der Waals surface area contributed by atoms with Crippen molar-refractivity contribution in [2.75, 3.05) is 26.7 Å². The molecule has 8 heteroatoms. The number of amides is 2. The molecule has 1 saturated heterocycles. The van der Waals surface area contributed by atoms with Gasteiger partial charge in [0.2, 0.25) is 0 Å². The third kappa shape index (κ3) is 5.66. The molecule has 0 radical (unpaired) electrons. The summed E-state index contributed by atoms with van der Waals surface area (Å²) in [5.74, 6) is -0.187. The zero-order chi connectivity index (χ0) is 23.5. The van der Waals surface area contributed by atoms with Gasteiger partial charge < -0.3 is 14.5 Å². The van der Waals surface area contributed by atoms with Crippen LogP contribution in [0.4, 0.5) is 9.18 Å². The fraction of sp³-hybridized carbons (Fsp3) is 0.542. The molecule has 32 heavy (non-hydrogen) atoms. The van der Waals surface area contributed by atoms with Gasteiger partial charge >= 0.3 is 6.09 Å². The number of piperidine rings is 1. The molecule has 0 N–H and O–H groups in total. The average Bonchev–Trinajstić information content (AvgIpc) is 3.16. The van der Waals surface area contributed by atoms with Gasteiger partial charge in [-0.15, -0.1) is 0 Å². The molecule has 0 aliphatic carbocycles. The minimum atomic E-state index is -0.541. The van der Waals surface area contributed by atoms with Gasteiger partial charge in [-0.1, -0.05) is 6.92 Å². The van der Waals surface area contributed by atoms with Gasteiger partial charge in [0.25, 0.3) is 5.91 Å². The van der Waals surface area contributed by atoms with Gasteiger partial charge in [0.05, 0.1) is 23.1 Å². The molecular weight excluding hydrogens is 411 g/mol. The number of halogens is 1. The lowest BCUT2D eigenvalue weighted by Crippen LogP contribution is -2.45. The van der Waals surface area contributed by atoms with Crippen molar-refractivity contribution in [2.45, 2.75) is 52.6 Å². The predicted molar refractivity (Wildman–Crippen MR) is 120 cm³/mol. The summed E-state index contributed by atoms with van der Waals surface area (Å²) in [6, 6.07) is 6.07.